The average molecular weight is 295 g/mol. The second kappa shape index (κ2) is 6.69. The quantitative estimate of drug-likeness (QED) is 0.606. The van der Waals surface area contributed by atoms with E-state index >= 15 is 0 Å². The Bertz CT molecular complexity index is 495. The maximum atomic E-state index is 12.0. The summed E-state index contributed by atoms with van der Waals surface area (Å²) in [4.78, 5) is 23.2. The second-order valence-electron chi connectivity index (χ2n) is 5.76. The molecule has 0 amide bonds. The first kappa shape index (κ1) is 17.1. The predicted octanol–water partition coefficient (Wildman–Crippen LogP) is 1.33. The Hall–Kier alpha value is -1.92. The molecule has 0 fully saturated rings. The highest BCUT2D eigenvalue weighted by Crippen LogP contribution is 2.14. The van der Waals surface area contributed by atoms with Crippen LogP contribution in [0, 0.1) is 0 Å². The molecule has 0 saturated heterocycles. The Morgan fingerprint density at radius 2 is 1.76 bits per heavy atom. The summed E-state index contributed by atoms with van der Waals surface area (Å²) in [5.74, 6) is -2.50. The molecule has 6 nitrogen and oxygen atoms in total. The summed E-state index contributed by atoms with van der Waals surface area (Å²) < 4.78 is 10.3. The van der Waals surface area contributed by atoms with Gasteiger partial charge in [-0.15, -0.1) is 0 Å². The largest absolute Gasteiger partial charge is 0.479 e. The molecule has 6 heteroatoms. The number of nitrogens with two attached hydrogens (primary N) is 1. The molecule has 0 unspecified atom stereocenters. The summed E-state index contributed by atoms with van der Waals surface area (Å²) in [5, 5.41) is 9.19. The van der Waals surface area contributed by atoms with Gasteiger partial charge in [-0.3, -0.25) is 0 Å². The Morgan fingerprint density at radius 3 is 2.24 bits per heavy atom. The number of esters is 1. The number of carboxylic acid groups (broad SMARTS) is 1. The Balaban J connectivity index is 2.68. The van der Waals surface area contributed by atoms with Crippen molar-refractivity contribution in [1.29, 1.82) is 0 Å². The highest BCUT2D eigenvalue weighted by Gasteiger charge is 2.46. The lowest BCUT2D eigenvalue weighted by molar-refractivity contribution is -0.172. The molecule has 0 saturated carbocycles. The van der Waals surface area contributed by atoms with E-state index in [4.69, 9.17) is 15.2 Å². The van der Waals surface area contributed by atoms with Crippen LogP contribution in [0.3, 0.4) is 0 Å². The van der Waals surface area contributed by atoms with Gasteiger partial charge in [-0.2, -0.15) is 0 Å². The highest BCUT2D eigenvalue weighted by molar-refractivity contribution is 6.04. The molecule has 21 heavy (non-hydrogen) atoms. The zero-order chi connectivity index (χ0) is 16.1. The standard InChI is InChI=1S/C15H21NO5/c1-14(2,3)21-13(19)15(16,12(17)18)10-20-9-11-7-5-4-6-8-11/h4-8H,9-10,16H2,1-3H3,(H,17,18)/t15-/m0/s1. The smallest absolute Gasteiger partial charge is 0.340 e. The minimum absolute atomic E-state index is 0.163. The lowest BCUT2D eigenvalue weighted by Gasteiger charge is -2.27. The van der Waals surface area contributed by atoms with E-state index in [1.165, 1.54) is 0 Å². The van der Waals surface area contributed by atoms with E-state index in [1.54, 1.807) is 20.8 Å². The molecule has 1 aromatic rings. The van der Waals surface area contributed by atoms with Gasteiger partial charge < -0.3 is 20.3 Å². The van der Waals surface area contributed by atoms with Gasteiger partial charge in [0.15, 0.2) is 0 Å². The van der Waals surface area contributed by atoms with E-state index < -0.39 is 29.7 Å². The summed E-state index contributed by atoms with van der Waals surface area (Å²) in [6, 6.07) is 9.17. The van der Waals surface area contributed by atoms with E-state index in [0.717, 1.165) is 5.56 Å². The number of hydrogen-bond acceptors (Lipinski definition) is 5. The molecule has 0 heterocycles. The third kappa shape index (κ3) is 5.17. The fourth-order valence-corrected chi connectivity index (χ4v) is 1.48. The molecule has 0 radical (unpaired) electrons. The minimum Gasteiger partial charge on any atom is -0.479 e. The fraction of sp³-hybridized carbons (Fsp3) is 0.467. The average Bonchev–Trinajstić information content (AvgIpc) is 2.37. The van der Waals surface area contributed by atoms with Crippen LogP contribution in [0.1, 0.15) is 26.3 Å². The Kier molecular flexibility index (Phi) is 5.46. The maximum Gasteiger partial charge on any atom is 0.340 e. The van der Waals surface area contributed by atoms with E-state index in [2.05, 4.69) is 0 Å². The van der Waals surface area contributed by atoms with Crippen LogP contribution in [0.2, 0.25) is 0 Å². The Labute approximate surface area is 123 Å². The number of carbonyl (C=O) groups is 2. The normalized spacial score (nSPS) is 14.3. The zero-order valence-corrected chi connectivity index (χ0v) is 12.5. The van der Waals surface area contributed by atoms with Crippen molar-refractivity contribution < 1.29 is 24.2 Å². The minimum atomic E-state index is -2.22. The molecule has 0 aliphatic rings. The van der Waals surface area contributed by atoms with E-state index in [-0.39, 0.29) is 6.61 Å². The van der Waals surface area contributed by atoms with Gasteiger partial charge in [0.05, 0.1) is 13.2 Å². The molecule has 1 aromatic carbocycles. The van der Waals surface area contributed by atoms with E-state index in [0.29, 0.717) is 0 Å². The van der Waals surface area contributed by atoms with Crippen LogP contribution in [-0.4, -0.2) is 34.8 Å². The zero-order valence-electron chi connectivity index (χ0n) is 12.5. The van der Waals surface area contributed by atoms with Gasteiger partial charge in [0.2, 0.25) is 5.54 Å². The lowest BCUT2D eigenvalue weighted by atomic mass is 10.0. The van der Waals surface area contributed by atoms with Crippen molar-refractivity contribution in [3.05, 3.63) is 35.9 Å². The van der Waals surface area contributed by atoms with Crippen molar-refractivity contribution in [1.82, 2.24) is 0 Å². The van der Waals surface area contributed by atoms with Crippen LogP contribution < -0.4 is 5.73 Å². The van der Waals surface area contributed by atoms with E-state index in [1.807, 2.05) is 30.3 Å². The van der Waals surface area contributed by atoms with Crippen LogP contribution in [0.5, 0.6) is 0 Å². The van der Waals surface area contributed by atoms with Gasteiger partial charge >= 0.3 is 11.9 Å². The molecule has 1 rings (SSSR count). The van der Waals surface area contributed by atoms with Gasteiger partial charge in [-0.25, -0.2) is 9.59 Å². The van der Waals surface area contributed by atoms with Crippen molar-refractivity contribution in [3.8, 4) is 0 Å². The monoisotopic (exact) mass is 295 g/mol. The molecule has 1 atom stereocenters. The van der Waals surface area contributed by atoms with Crippen LogP contribution in [0.15, 0.2) is 30.3 Å². The van der Waals surface area contributed by atoms with Crippen LogP contribution >= 0.6 is 0 Å². The summed E-state index contributed by atoms with van der Waals surface area (Å²) in [6.45, 7) is 4.61. The van der Waals surface area contributed by atoms with Crippen molar-refractivity contribution in [2.75, 3.05) is 6.61 Å². The van der Waals surface area contributed by atoms with Crippen LogP contribution in [0.4, 0.5) is 0 Å². The molecule has 0 aromatic heterocycles. The number of carbonyl (C=O) groups excluding carboxylic acids is 1. The number of aliphatic carboxylic acids is 1. The number of ether oxygens (including phenoxy) is 2. The van der Waals surface area contributed by atoms with Crippen molar-refractivity contribution in [2.24, 2.45) is 5.73 Å². The number of rotatable bonds is 6. The number of carboxylic acids is 1. The third-order valence-corrected chi connectivity index (χ3v) is 2.59. The third-order valence-electron chi connectivity index (χ3n) is 2.59. The summed E-state index contributed by atoms with van der Waals surface area (Å²) in [7, 11) is 0. The molecule has 0 aliphatic heterocycles. The first-order valence-electron chi connectivity index (χ1n) is 6.52. The first-order chi connectivity index (χ1) is 9.65. The SMILES string of the molecule is CC(C)(C)OC(=O)[C@](N)(COCc1ccccc1)C(=O)O. The summed E-state index contributed by atoms with van der Waals surface area (Å²) in [5.41, 5.74) is 3.47. The predicted molar refractivity (Wildman–Crippen MR) is 76.5 cm³/mol. The van der Waals surface area contributed by atoms with Gasteiger partial charge in [0.25, 0.3) is 0 Å². The van der Waals surface area contributed by atoms with Crippen molar-refractivity contribution >= 4 is 11.9 Å². The van der Waals surface area contributed by atoms with Gasteiger partial charge in [-0.1, -0.05) is 30.3 Å². The molecule has 3 N–H and O–H groups in total. The number of benzene rings is 1. The van der Waals surface area contributed by atoms with Crippen LogP contribution in [-0.2, 0) is 25.7 Å². The van der Waals surface area contributed by atoms with Gasteiger partial charge in [-0.05, 0) is 26.3 Å². The molecular weight excluding hydrogens is 274 g/mol. The lowest BCUT2D eigenvalue weighted by Crippen LogP contribution is -2.60. The van der Waals surface area contributed by atoms with E-state index in [9.17, 15) is 14.7 Å². The van der Waals surface area contributed by atoms with Crippen LogP contribution in [0.25, 0.3) is 0 Å². The van der Waals surface area contributed by atoms with Gasteiger partial charge in [0.1, 0.15) is 5.60 Å². The molecule has 0 bridgehead atoms. The maximum absolute atomic E-state index is 12.0. The topological polar surface area (TPSA) is 98.9 Å². The summed E-state index contributed by atoms with van der Waals surface area (Å²) in [6.07, 6.45) is 0. The van der Waals surface area contributed by atoms with Crippen molar-refractivity contribution in [3.63, 3.8) is 0 Å². The number of hydrogen-bond donors (Lipinski definition) is 2. The second-order valence-corrected chi connectivity index (χ2v) is 5.76. The summed E-state index contributed by atoms with van der Waals surface area (Å²) >= 11 is 0. The molecule has 116 valence electrons. The van der Waals surface area contributed by atoms with Gasteiger partial charge in [0, 0.05) is 0 Å². The molecule has 0 spiro atoms. The fourth-order valence-electron chi connectivity index (χ4n) is 1.48. The Morgan fingerprint density at radius 1 is 1.19 bits per heavy atom. The molecule has 0 aliphatic carbocycles. The highest BCUT2D eigenvalue weighted by atomic mass is 16.6. The first-order valence-corrected chi connectivity index (χ1v) is 6.52. The van der Waals surface area contributed by atoms with Crippen molar-refractivity contribution in [2.45, 2.75) is 38.5 Å². The molecular formula is C15H21NO5.